The molecule has 1 saturated heterocycles. The molecule has 0 saturated carbocycles. The molecule has 0 aliphatic carbocycles. The maximum Gasteiger partial charge on any atom is 0.191 e. The lowest BCUT2D eigenvalue weighted by Gasteiger charge is -2.25. The van der Waals surface area contributed by atoms with Crippen LogP contribution in [0.3, 0.4) is 0 Å². The van der Waals surface area contributed by atoms with Crippen LogP contribution >= 0.6 is 0 Å². The van der Waals surface area contributed by atoms with Gasteiger partial charge in [0.2, 0.25) is 0 Å². The van der Waals surface area contributed by atoms with E-state index in [9.17, 15) is 8.42 Å². The largest absolute Gasteiger partial charge is 0.357 e. The van der Waals surface area contributed by atoms with E-state index >= 15 is 0 Å². The van der Waals surface area contributed by atoms with Gasteiger partial charge in [-0.1, -0.05) is 13.3 Å². The number of nitrogens with zero attached hydrogens (tertiary/aromatic N) is 2. The van der Waals surface area contributed by atoms with Crippen LogP contribution in [0.1, 0.15) is 33.1 Å². The van der Waals surface area contributed by atoms with E-state index in [1.807, 2.05) is 6.92 Å². The summed E-state index contributed by atoms with van der Waals surface area (Å²) in [7, 11) is -2.92. The van der Waals surface area contributed by atoms with Gasteiger partial charge in [-0.05, 0) is 32.9 Å². The first-order chi connectivity index (χ1) is 10.1. The average Bonchev–Trinajstić information content (AvgIpc) is 2.48. The number of sulfone groups is 1. The van der Waals surface area contributed by atoms with Crippen LogP contribution < -0.4 is 10.6 Å². The predicted octanol–water partition coefficient (Wildman–Crippen LogP) is 0.462. The third-order valence-corrected chi connectivity index (χ3v) is 5.33. The number of aliphatic imine (C=N–C) groups is 1. The predicted molar refractivity (Wildman–Crippen MR) is 88.6 cm³/mol. The van der Waals surface area contributed by atoms with Crippen molar-refractivity contribution in [1.82, 2.24) is 15.5 Å². The molecule has 0 bridgehead atoms. The molecule has 0 aromatic rings. The monoisotopic (exact) mass is 318 g/mol. The van der Waals surface area contributed by atoms with Gasteiger partial charge in [0, 0.05) is 25.4 Å². The van der Waals surface area contributed by atoms with Gasteiger partial charge in [-0.3, -0.25) is 4.99 Å². The third kappa shape index (κ3) is 8.26. The molecular formula is C14H30N4O2S. The second kappa shape index (κ2) is 10.00. The third-order valence-electron chi connectivity index (χ3n) is 3.62. The zero-order chi connectivity index (χ0) is 15.6. The molecular weight excluding hydrogens is 288 g/mol. The number of hydrogen-bond acceptors (Lipinski definition) is 4. The van der Waals surface area contributed by atoms with Gasteiger partial charge < -0.3 is 15.5 Å². The number of piperidine rings is 1. The normalized spacial score (nSPS) is 17.7. The molecule has 1 heterocycles. The highest BCUT2D eigenvalue weighted by molar-refractivity contribution is 7.91. The molecule has 2 N–H and O–H groups in total. The van der Waals surface area contributed by atoms with Crippen LogP contribution in [-0.2, 0) is 9.84 Å². The van der Waals surface area contributed by atoms with E-state index < -0.39 is 9.84 Å². The van der Waals surface area contributed by atoms with Gasteiger partial charge in [-0.2, -0.15) is 0 Å². The number of nitrogens with one attached hydrogen (secondary N) is 2. The van der Waals surface area contributed by atoms with Crippen LogP contribution in [0.2, 0.25) is 0 Å². The van der Waals surface area contributed by atoms with Crippen molar-refractivity contribution in [3.63, 3.8) is 0 Å². The Morgan fingerprint density at radius 1 is 1.14 bits per heavy atom. The van der Waals surface area contributed by atoms with Gasteiger partial charge in [-0.25, -0.2) is 8.42 Å². The van der Waals surface area contributed by atoms with Crippen LogP contribution in [0, 0.1) is 0 Å². The molecule has 6 nitrogen and oxygen atoms in total. The minimum Gasteiger partial charge on any atom is -0.357 e. The van der Waals surface area contributed by atoms with E-state index in [1.165, 1.54) is 32.4 Å². The molecule has 1 aliphatic rings. The zero-order valence-corrected chi connectivity index (χ0v) is 14.2. The van der Waals surface area contributed by atoms with Crippen molar-refractivity contribution < 1.29 is 8.42 Å². The first-order valence-corrected chi connectivity index (χ1v) is 9.84. The number of hydrogen-bond donors (Lipinski definition) is 2. The number of rotatable bonds is 8. The maximum atomic E-state index is 11.5. The molecule has 124 valence electrons. The quantitative estimate of drug-likeness (QED) is 0.502. The molecule has 1 aliphatic heterocycles. The lowest BCUT2D eigenvalue weighted by atomic mass is 10.1. The summed E-state index contributed by atoms with van der Waals surface area (Å²) in [4.78, 5) is 6.95. The van der Waals surface area contributed by atoms with Crippen molar-refractivity contribution >= 4 is 15.8 Å². The first-order valence-electron chi connectivity index (χ1n) is 8.02. The Balaban J connectivity index is 2.31. The summed E-state index contributed by atoms with van der Waals surface area (Å²) < 4.78 is 22.9. The molecule has 7 heteroatoms. The Morgan fingerprint density at radius 3 is 2.48 bits per heavy atom. The number of likely N-dealkylation sites (tertiary alicyclic amines) is 1. The summed E-state index contributed by atoms with van der Waals surface area (Å²) in [6, 6.07) is 0. The molecule has 0 amide bonds. The van der Waals surface area contributed by atoms with Gasteiger partial charge in [0.05, 0.1) is 12.3 Å². The summed E-state index contributed by atoms with van der Waals surface area (Å²) in [5, 5.41) is 6.24. The maximum absolute atomic E-state index is 11.5. The summed E-state index contributed by atoms with van der Waals surface area (Å²) in [6.07, 6.45) is 3.92. The van der Waals surface area contributed by atoms with Gasteiger partial charge >= 0.3 is 0 Å². The topological polar surface area (TPSA) is 73.8 Å². The Hall–Kier alpha value is -0.820. The summed E-state index contributed by atoms with van der Waals surface area (Å²) >= 11 is 0. The molecule has 0 unspecified atom stereocenters. The molecule has 0 aromatic heterocycles. The highest BCUT2D eigenvalue weighted by Gasteiger charge is 2.09. The van der Waals surface area contributed by atoms with Gasteiger partial charge in [0.25, 0.3) is 0 Å². The SMILES string of the molecule is CCNC(=NCCN1CCCCC1)NCCS(=O)(=O)CC. The molecule has 0 spiro atoms. The fourth-order valence-electron chi connectivity index (χ4n) is 2.30. The zero-order valence-electron chi connectivity index (χ0n) is 13.4. The van der Waals surface area contributed by atoms with E-state index in [0.29, 0.717) is 12.5 Å². The van der Waals surface area contributed by atoms with Crippen molar-refractivity contribution in [1.29, 1.82) is 0 Å². The minimum absolute atomic E-state index is 0.153. The van der Waals surface area contributed by atoms with E-state index in [4.69, 9.17) is 0 Å². The first kappa shape index (κ1) is 18.2. The standard InChI is InChI=1S/C14H30N4O2S/c1-3-15-14(17-9-13-21(19,20)4-2)16-8-12-18-10-6-5-7-11-18/h3-13H2,1-2H3,(H2,15,16,17). The summed E-state index contributed by atoms with van der Waals surface area (Å²) in [5.41, 5.74) is 0. The van der Waals surface area contributed by atoms with Crippen LogP contribution in [0.15, 0.2) is 4.99 Å². The number of guanidine groups is 1. The van der Waals surface area contributed by atoms with Crippen LogP contribution in [0.5, 0.6) is 0 Å². The van der Waals surface area contributed by atoms with E-state index in [2.05, 4.69) is 20.5 Å². The Labute approximate surface area is 129 Å². The second-order valence-corrected chi connectivity index (χ2v) is 7.80. The molecule has 1 rings (SSSR count). The van der Waals surface area contributed by atoms with Gasteiger partial charge in [0.15, 0.2) is 15.8 Å². The molecule has 0 atom stereocenters. The van der Waals surface area contributed by atoms with E-state index in [1.54, 1.807) is 6.92 Å². The summed E-state index contributed by atoms with van der Waals surface area (Å²) in [5.74, 6) is 1.05. The smallest absolute Gasteiger partial charge is 0.191 e. The van der Waals surface area contributed by atoms with Crippen molar-refractivity contribution in [3.8, 4) is 0 Å². The highest BCUT2D eigenvalue weighted by atomic mass is 32.2. The average molecular weight is 318 g/mol. The van der Waals surface area contributed by atoms with Gasteiger partial charge in [0.1, 0.15) is 0 Å². The lowest BCUT2D eigenvalue weighted by molar-refractivity contribution is 0.235. The Kier molecular flexibility index (Phi) is 8.68. The Bertz CT molecular complexity index is 403. The molecule has 1 fully saturated rings. The molecule has 21 heavy (non-hydrogen) atoms. The van der Waals surface area contributed by atoms with Crippen molar-refractivity contribution in [2.45, 2.75) is 33.1 Å². The highest BCUT2D eigenvalue weighted by Crippen LogP contribution is 2.07. The fraction of sp³-hybridized carbons (Fsp3) is 0.929. The van der Waals surface area contributed by atoms with Crippen LogP contribution in [-0.4, -0.2) is 70.1 Å². The fourth-order valence-corrected chi connectivity index (χ4v) is 3.00. The second-order valence-electron chi connectivity index (χ2n) is 5.33. The van der Waals surface area contributed by atoms with Crippen molar-refractivity contribution in [2.24, 2.45) is 4.99 Å². The van der Waals surface area contributed by atoms with Crippen LogP contribution in [0.4, 0.5) is 0 Å². The molecule has 0 radical (unpaired) electrons. The van der Waals surface area contributed by atoms with Crippen LogP contribution in [0.25, 0.3) is 0 Å². The summed E-state index contributed by atoms with van der Waals surface area (Å²) in [6.45, 7) is 8.93. The van der Waals surface area contributed by atoms with E-state index in [0.717, 1.165) is 19.6 Å². The lowest BCUT2D eigenvalue weighted by Crippen LogP contribution is -2.40. The van der Waals surface area contributed by atoms with Gasteiger partial charge in [-0.15, -0.1) is 0 Å². The van der Waals surface area contributed by atoms with Crippen molar-refractivity contribution in [2.75, 3.05) is 50.8 Å². The van der Waals surface area contributed by atoms with E-state index in [-0.39, 0.29) is 11.5 Å². The van der Waals surface area contributed by atoms with Crippen molar-refractivity contribution in [3.05, 3.63) is 0 Å². The molecule has 0 aromatic carbocycles. The minimum atomic E-state index is -2.92. The Morgan fingerprint density at radius 2 is 1.86 bits per heavy atom.